The minimum Gasteiger partial charge on any atom is -0.493 e. The van der Waals surface area contributed by atoms with Crippen molar-refractivity contribution < 1.29 is 9.53 Å². The van der Waals surface area contributed by atoms with Gasteiger partial charge in [-0.3, -0.25) is 4.79 Å². The molecule has 0 bridgehead atoms. The number of nitrogens with one attached hydrogen (secondary N) is 1. The molecule has 8 heteroatoms. The van der Waals surface area contributed by atoms with Crippen LogP contribution in [0.2, 0.25) is 0 Å². The molecule has 4 aromatic rings. The Labute approximate surface area is 167 Å². The van der Waals surface area contributed by atoms with Crippen molar-refractivity contribution >= 4 is 5.91 Å². The minimum atomic E-state index is -0.293. The molecule has 0 aliphatic heterocycles. The molecule has 0 atom stereocenters. The van der Waals surface area contributed by atoms with Gasteiger partial charge >= 0.3 is 0 Å². The molecule has 8 nitrogen and oxygen atoms in total. The number of benzene rings is 2. The van der Waals surface area contributed by atoms with E-state index in [1.165, 1.54) is 13.4 Å². The van der Waals surface area contributed by atoms with Gasteiger partial charge in [-0.1, -0.05) is 42.5 Å². The standard InChI is InChI=1S/C21H20N6O2/c1-29-19-13-27(18-8-3-2-4-9-18)25-20(19)21(28)23-11-16-6-5-7-17(10-16)12-26-15-22-14-24-26/h2-10,13-15H,11-12H2,1H3,(H,23,28). The van der Waals surface area contributed by atoms with Gasteiger partial charge in [-0.05, 0) is 23.3 Å². The first-order chi connectivity index (χ1) is 14.2. The van der Waals surface area contributed by atoms with Gasteiger partial charge in [0.25, 0.3) is 5.91 Å². The predicted octanol–water partition coefficient (Wildman–Crippen LogP) is 2.45. The van der Waals surface area contributed by atoms with Gasteiger partial charge in [0.1, 0.15) is 12.7 Å². The highest BCUT2D eigenvalue weighted by Crippen LogP contribution is 2.19. The number of para-hydroxylation sites is 1. The Hall–Kier alpha value is -3.94. The van der Waals surface area contributed by atoms with Gasteiger partial charge in [-0.25, -0.2) is 14.3 Å². The van der Waals surface area contributed by atoms with Gasteiger partial charge in [-0.15, -0.1) is 0 Å². The summed E-state index contributed by atoms with van der Waals surface area (Å²) in [7, 11) is 1.52. The van der Waals surface area contributed by atoms with Gasteiger partial charge in [0, 0.05) is 6.54 Å². The SMILES string of the molecule is COc1cn(-c2ccccc2)nc1C(=O)NCc1cccc(Cn2cncn2)c1. The fourth-order valence-corrected chi connectivity index (χ4v) is 2.98. The van der Waals surface area contributed by atoms with E-state index in [4.69, 9.17) is 4.74 Å². The predicted molar refractivity (Wildman–Crippen MR) is 107 cm³/mol. The Balaban J connectivity index is 1.45. The third kappa shape index (κ3) is 4.32. The molecule has 0 spiro atoms. The Morgan fingerprint density at radius 2 is 1.93 bits per heavy atom. The van der Waals surface area contributed by atoms with Crippen LogP contribution in [-0.4, -0.2) is 37.6 Å². The van der Waals surface area contributed by atoms with Crippen molar-refractivity contribution in [2.24, 2.45) is 0 Å². The molecule has 2 aromatic carbocycles. The van der Waals surface area contributed by atoms with Gasteiger partial charge < -0.3 is 10.1 Å². The summed E-state index contributed by atoms with van der Waals surface area (Å²) in [6.45, 7) is 1.00. The summed E-state index contributed by atoms with van der Waals surface area (Å²) in [5.41, 5.74) is 3.16. The number of amides is 1. The zero-order chi connectivity index (χ0) is 20.1. The zero-order valence-corrected chi connectivity index (χ0v) is 15.9. The van der Waals surface area contributed by atoms with Crippen molar-refractivity contribution in [3.8, 4) is 11.4 Å². The number of aromatic nitrogens is 5. The topological polar surface area (TPSA) is 86.9 Å². The van der Waals surface area contributed by atoms with Crippen LogP contribution < -0.4 is 10.1 Å². The molecule has 2 aromatic heterocycles. The summed E-state index contributed by atoms with van der Waals surface area (Å²) >= 11 is 0. The first-order valence-corrected chi connectivity index (χ1v) is 9.10. The maximum atomic E-state index is 12.7. The lowest BCUT2D eigenvalue weighted by atomic mass is 10.1. The van der Waals surface area contributed by atoms with E-state index >= 15 is 0 Å². The van der Waals surface area contributed by atoms with E-state index in [0.717, 1.165) is 16.8 Å². The van der Waals surface area contributed by atoms with E-state index in [1.807, 2.05) is 54.6 Å². The molecular formula is C21H20N6O2. The van der Waals surface area contributed by atoms with Crippen LogP contribution in [0.25, 0.3) is 5.69 Å². The van der Waals surface area contributed by atoms with Gasteiger partial charge in [0.05, 0.1) is 25.5 Å². The number of hydrogen-bond donors (Lipinski definition) is 1. The molecule has 0 saturated heterocycles. The van der Waals surface area contributed by atoms with Crippen LogP contribution in [0.3, 0.4) is 0 Å². The van der Waals surface area contributed by atoms with Crippen molar-refractivity contribution in [3.63, 3.8) is 0 Å². The molecule has 0 aliphatic rings. The number of methoxy groups -OCH3 is 1. The highest BCUT2D eigenvalue weighted by atomic mass is 16.5. The quantitative estimate of drug-likeness (QED) is 0.526. The van der Waals surface area contributed by atoms with Crippen LogP contribution in [-0.2, 0) is 13.1 Å². The molecule has 0 aliphatic carbocycles. The average Bonchev–Trinajstić information content (AvgIpc) is 3.43. The summed E-state index contributed by atoms with van der Waals surface area (Å²) < 4.78 is 8.72. The Kier molecular flexibility index (Phi) is 5.33. The van der Waals surface area contributed by atoms with Crippen LogP contribution in [0.4, 0.5) is 0 Å². The van der Waals surface area contributed by atoms with Gasteiger partial charge in [-0.2, -0.15) is 10.2 Å². The molecular weight excluding hydrogens is 368 g/mol. The number of ether oxygens (including phenoxy) is 1. The Morgan fingerprint density at radius 3 is 2.69 bits per heavy atom. The van der Waals surface area contributed by atoms with Crippen LogP contribution >= 0.6 is 0 Å². The molecule has 2 heterocycles. The molecule has 146 valence electrons. The van der Waals surface area contributed by atoms with Crippen molar-refractivity contribution in [3.05, 3.63) is 90.3 Å². The lowest BCUT2D eigenvalue weighted by Crippen LogP contribution is -2.24. The summed E-state index contributed by atoms with van der Waals surface area (Å²) in [6.07, 6.45) is 4.87. The van der Waals surface area contributed by atoms with Crippen LogP contribution in [0.15, 0.2) is 73.4 Å². The Bertz CT molecular complexity index is 1090. The summed E-state index contributed by atoms with van der Waals surface area (Å²) in [6, 6.07) is 17.5. The number of hydrogen-bond acceptors (Lipinski definition) is 5. The van der Waals surface area contributed by atoms with E-state index < -0.39 is 0 Å². The molecule has 0 fully saturated rings. The van der Waals surface area contributed by atoms with E-state index in [2.05, 4.69) is 20.5 Å². The summed E-state index contributed by atoms with van der Waals surface area (Å²) in [4.78, 5) is 16.6. The van der Waals surface area contributed by atoms with Crippen molar-refractivity contribution in [1.82, 2.24) is 29.9 Å². The normalized spacial score (nSPS) is 10.7. The van der Waals surface area contributed by atoms with Gasteiger partial charge in [0.2, 0.25) is 0 Å². The maximum Gasteiger partial charge on any atom is 0.275 e. The van der Waals surface area contributed by atoms with Crippen molar-refractivity contribution in [1.29, 1.82) is 0 Å². The van der Waals surface area contributed by atoms with Crippen molar-refractivity contribution in [2.45, 2.75) is 13.1 Å². The van der Waals surface area contributed by atoms with Crippen LogP contribution in [0.1, 0.15) is 21.6 Å². The molecule has 0 saturated carbocycles. The highest BCUT2D eigenvalue weighted by molar-refractivity contribution is 5.94. The smallest absolute Gasteiger partial charge is 0.275 e. The monoisotopic (exact) mass is 388 g/mol. The number of carbonyl (C=O) groups is 1. The molecule has 29 heavy (non-hydrogen) atoms. The number of carbonyl (C=O) groups excluding carboxylic acids is 1. The first kappa shape index (κ1) is 18.4. The second-order valence-electron chi connectivity index (χ2n) is 6.42. The summed E-state index contributed by atoms with van der Waals surface area (Å²) in [5.74, 6) is 0.129. The molecule has 0 unspecified atom stereocenters. The molecule has 4 rings (SSSR count). The van der Waals surface area contributed by atoms with Crippen LogP contribution in [0, 0.1) is 0 Å². The lowest BCUT2D eigenvalue weighted by molar-refractivity contribution is 0.0942. The number of nitrogens with zero attached hydrogens (tertiary/aromatic N) is 5. The van der Waals surface area contributed by atoms with E-state index in [-0.39, 0.29) is 11.6 Å². The van der Waals surface area contributed by atoms with Crippen LogP contribution in [0.5, 0.6) is 5.75 Å². The third-order valence-corrected chi connectivity index (χ3v) is 4.39. The maximum absolute atomic E-state index is 12.7. The molecule has 0 radical (unpaired) electrons. The van der Waals surface area contributed by atoms with Crippen molar-refractivity contribution in [2.75, 3.05) is 7.11 Å². The van der Waals surface area contributed by atoms with Gasteiger partial charge in [0.15, 0.2) is 11.4 Å². The largest absolute Gasteiger partial charge is 0.493 e. The minimum absolute atomic E-state index is 0.245. The van der Waals surface area contributed by atoms with E-state index in [9.17, 15) is 4.79 Å². The average molecular weight is 388 g/mol. The molecule has 1 N–H and O–H groups in total. The fourth-order valence-electron chi connectivity index (χ4n) is 2.98. The Morgan fingerprint density at radius 1 is 1.10 bits per heavy atom. The third-order valence-electron chi connectivity index (χ3n) is 4.39. The zero-order valence-electron chi connectivity index (χ0n) is 15.9. The second kappa shape index (κ2) is 8.39. The first-order valence-electron chi connectivity index (χ1n) is 9.10. The van der Waals surface area contributed by atoms with E-state index in [1.54, 1.807) is 21.9 Å². The molecule has 1 amide bonds. The highest BCUT2D eigenvalue weighted by Gasteiger charge is 2.18. The lowest BCUT2D eigenvalue weighted by Gasteiger charge is -2.07. The second-order valence-corrected chi connectivity index (χ2v) is 6.42. The van der Waals surface area contributed by atoms with E-state index in [0.29, 0.717) is 18.8 Å². The fraction of sp³-hybridized carbons (Fsp3) is 0.143. The number of rotatable bonds is 7. The summed E-state index contributed by atoms with van der Waals surface area (Å²) in [5, 5.41) is 11.4.